The number of anilines is 1. The molecular weight excluding hydrogens is 409 g/mol. The fourth-order valence-corrected chi connectivity index (χ4v) is 4.36. The summed E-state index contributed by atoms with van der Waals surface area (Å²) in [7, 11) is 0. The lowest BCUT2D eigenvalue weighted by Crippen LogP contribution is -2.16. The van der Waals surface area contributed by atoms with Gasteiger partial charge < -0.3 is 5.32 Å². The standard InChI is InChI=1S/C23H24FN7O/c1-15-12-20(28-21(32)11-6-16-4-2-3-5-16)31(29-15)23-19-13-27-30(22(19)25-14-26-23)18-9-7-17(24)8-10-18/h7-10,12-14,16H,2-6,11H2,1H3,(H,28,32). The number of carbonyl (C=O) groups excluding carboxylic acids is 1. The highest BCUT2D eigenvalue weighted by Gasteiger charge is 2.19. The van der Waals surface area contributed by atoms with Crippen LogP contribution < -0.4 is 5.32 Å². The number of aryl methyl sites for hydroxylation is 1. The minimum Gasteiger partial charge on any atom is -0.311 e. The Morgan fingerprint density at radius 1 is 1.16 bits per heavy atom. The van der Waals surface area contributed by atoms with Crippen LogP contribution in [-0.2, 0) is 4.79 Å². The minimum atomic E-state index is -0.319. The third-order valence-corrected chi connectivity index (χ3v) is 5.97. The molecule has 1 aliphatic carbocycles. The largest absolute Gasteiger partial charge is 0.311 e. The topological polar surface area (TPSA) is 90.5 Å². The Hall–Kier alpha value is -3.62. The van der Waals surface area contributed by atoms with E-state index in [1.165, 1.54) is 44.1 Å². The molecule has 0 atom stereocenters. The zero-order valence-corrected chi connectivity index (χ0v) is 17.8. The molecule has 0 aliphatic heterocycles. The first-order valence-electron chi connectivity index (χ1n) is 10.9. The Kier molecular flexibility index (Phi) is 5.38. The summed E-state index contributed by atoms with van der Waals surface area (Å²) >= 11 is 0. The van der Waals surface area contributed by atoms with Crippen molar-refractivity contribution in [3.8, 4) is 11.5 Å². The third kappa shape index (κ3) is 3.98. The van der Waals surface area contributed by atoms with Crippen molar-refractivity contribution >= 4 is 22.8 Å². The molecule has 5 rings (SSSR count). The lowest BCUT2D eigenvalue weighted by atomic mass is 10.0. The number of carbonyl (C=O) groups is 1. The molecule has 1 N–H and O–H groups in total. The van der Waals surface area contributed by atoms with E-state index in [4.69, 9.17) is 0 Å². The zero-order chi connectivity index (χ0) is 22.1. The summed E-state index contributed by atoms with van der Waals surface area (Å²) in [5.74, 6) is 1.40. The predicted molar refractivity (Wildman–Crippen MR) is 118 cm³/mol. The normalized spacial score (nSPS) is 14.3. The van der Waals surface area contributed by atoms with Crippen molar-refractivity contribution in [2.24, 2.45) is 5.92 Å². The van der Waals surface area contributed by atoms with E-state index in [0.29, 0.717) is 40.7 Å². The predicted octanol–water partition coefficient (Wildman–Crippen LogP) is 4.36. The molecule has 3 heterocycles. The van der Waals surface area contributed by atoms with E-state index in [0.717, 1.165) is 12.1 Å². The summed E-state index contributed by atoms with van der Waals surface area (Å²) in [6.07, 6.45) is 9.49. The van der Waals surface area contributed by atoms with E-state index in [9.17, 15) is 9.18 Å². The first kappa shape index (κ1) is 20.3. The van der Waals surface area contributed by atoms with Gasteiger partial charge in [-0.05, 0) is 43.5 Å². The Bertz CT molecular complexity index is 1260. The fourth-order valence-electron chi connectivity index (χ4n) is 4.36. The molecule has 0 spiro atoms. The maximum atomic E-state index is 13.3. The SMILES string of the molecule is Cc1cc(NC(=O)CCC2CCCC2)n(-c2ncnc3c2cnn3-c2ccc(F)cc2)n1. The molecule has 1 amide bonds. The second-order valence-corrected chi connectivity index (χ2v) is 8.29. The second kappa shape index (κ2) is 8.49. The molecule has 0 radical (unpaired) electrons. The molecule has 8 nitrogen and oxygen atoms in total. The molecule has 0 bridgehead atoms. The number of nitrogens with one attached hydrogen (secondary N) is 1. The second-order valence-electron chi connectivity index (χ2n) is 8.29. The van der Waals surface area contributed by atoms with Crippen LogP contribution in [0.5, 0.6) is 0 Å². The van der Waals surface area contributed by atoms with Crippen molar-refractivity contribution in [1.29, 1.82) is 0 Å². The number of hydrogen-bond acceptors (Lipinski definition) is 5. The van der Waals surface area contributed by atoms with E-state index in [-0.39, 0.29) is 11.7 Å². The van der Waals surface area contributed by atoms with E-state index >= 15 is 0 Å². The van der Waals surface area contributed by atoms with Gasteiger partial charge in [0.1, 0.15) is 18.0 Å². The van der Waals surface area contributed by atoms with E-state index < -0.39 is 0 Å². The van der Waals surface area contributed by atoms with E-state index in [2.05, 4.69) is 25.5 Å². The van der Waals surface area contributed by atoms with Crippen molar-refractivity contribution in [2.45, 2.75) is 45.4 Å². The lowest BCUT2D eigenvalue weighted by Gasteiger charge is -2.11. The highest BCUT2D eigenvalue weighted by atomic mass is 19.1. The van der Waals surface area contributed by atoms with Gasteiger partial charge in [-0.2, -0.15) is 14.9 Å². The summed E-state index contributed by atoms with van der Waals surface area (Å²) in [6, 6.07) is 7.85. The number of halogens is 1. The number of hydrogen-bond donors (Lipinski definition) is 1. The Balaban J connectivity index is 1.44. The highest BCUT2D eigenvalue weighted by Crippen LogP contribution is 2.29. The van der Waals surface area contributed by atoms with Crippen LogP contribution >= 0.6 is 0 Å². The maximum Gasteiger partial charge on any atom is 0.225 e. The monoisotopic (exact) mass is 433 g/mol. The molecule has 164 valence electrons. The Morgan fingerprint density at radius 3 is 2.72 bits per heavy atom. The van der Waals surface area contributed by atoms with Crippen LogP contribution in [0.25, 0.3) is 22.5 Å². The first-order chi connectivity index (χ1) is 15.6. The number of amides is 1. The lowest BCUT2D eigenvalue weighted by molar-refractivity contribution is -0.116. The summed E-state index contributed by atoms with van der Waals surface area (Å²) in [4.78, 5) is 21.4. The molecule has 1 fully saturated rings. The molecule has 32 heavy (non-hydrogen) atoms. The number of fused-ring (bicyclic) bond motifs is 1. The number of rotatable bonds is 6. The average molecular weight is 433 g/mol. The quantitative estimate of drug-likeness (QED) is 0.488. The van der Waals surface area contributed by atoms with E-state index in [1.807, 2.05) is 13.0 Å². The van der Waals surface area contributed by atoms with Gasteiger partial charge in [0, 0.05) is 12.5 Å². The van der Waals surface area contributed by atoms with Crippen LogP contribution in [0, 0.1) is 18.7 Å². The average Bonchev–Trinajstić information content (AvgIpc) is 3.53. The van der Waals surface area contributed by atoms with Crippen LogP contribution in [0.15, 0.2) is 42.9 Å². The number of benzene rings is 1. The molecular formula is C23H24FN7O. The van der Waals surface area contributed by atoms with E-state index in [1.54, 1.807) is 27.7 Å². The minimum absolute atomic E-state index is 0.0228. The van der Waals surface area contributed by atoms with Crippen molar-refractivity contribution < 1.29 is 9.18 Å². The van der Waals surface area contributed by atoms with Gasteiger partial charge in [0.05, 0.1) is 23.0 Å². The molecule has 0 unspecified atom stereocenters. The number of aromatic nitrogens is 6. The van der Waals surface area contributed by atoms with Gasteiger partial charge in [-0.1, -0.05) is 25.7 Å². The molecule has 1 saturated carbocycles. The highest BCUT2D eigenvalue weighted by molar-refractivity contribution is 5.91. The summed E-state index contributed by atoms with van der Waals surface area (Å²) < 4.78 is 16.6. The van der Waals surface area contributed by atoms with Crippen LogP contribution in [0.2, 0.25) is 0 Å². The van der Waals surface area contributed by atoms with Gasteiger partial charge in [0.2, 0.25) is 5.91 Å². The fraction of sp³-hybridized carbons (Fsp3) is 0.348. The zero-order valence-electron chi connectivity index (χ0n) is 17.8. The van der Waals surface area contributed by atoms with Crippen LogP contribution in [0.4, 0.5) is 10.2 Å². The van der Waals surface area contributed by atoms with Gasteiger partial charge >= 0.3 is 0 Å². The maximum absolute atomic E-state index is 13.3. The van der Waals surface area contributed by atoms with Crippen LogP contribution in [0.1, 0.15) is 44.2 Å². The third-order valence-electron chi connectivity index (χ3n) is 5.97. The number of nitrogens with zero attached hydrogens (tertiary/aromatic N) is 6. The summed E-state index contributed by atoms with van der Waals surface area (Å²) in [6.45, 7) is 1.87. The smallest absolute Gasteiger partial charge is 0.225 e. The molecule has 9 heteroatoms. The first-order valence-corrected chi connectivity index (χ1v) is 10.9. The van der Waals surface area contributed by atoms with Gasteiger partial charge in [-0.25, -0.2) is 19.0 Å². The van der Waals surface area contributed by atoms with Crippen molar-refractivity contribution in [3.05, 3.63) is 54.4 Å². The molecule has 0 saturated heterocycles. The Morgan fingerprint density at radius 2 is 1.94 bits per heavy atom. The molecule has 1 aromatic carbocycles. The van der Waals surface area contributed by atoms with Crippen LogP contribution in [-0.4, -0.2) is 35.4 Å². The molecule has 1 aliphatic rings. The van der Waals surface area contributed by atoms with Gasteiger partial charge in [0.15, 0.2) is 11.5 Å². The molecule has 3 aromatic heterocycles. The van der Waals surface area contributed by atoms with Gasteiger partial charge in [-0.15, -0.1) is 0 Å². The summed E-state index contributed by atoms with van der Waals surface area (Å²) in [5.41, 5.74) is 2.00. The van der Waals surface area contributed by atoms with Gasteiger partial charge in [-0.3, -0.25) is 4.79 Å². The molecule has 4 aromatic rings. The Labute approximate surface area is 184 Å². The van der Waals surface area contributed by atoms with Gasteiger partial charge in [0.25, 0.3) is 0 Å². The van der Waals surface area contributed by atoms with Crippen molar-refractivity contribution in [1.82, 2.24) is 29.5 Å². The van der Waals surface area contributed by atoms with Crippen molar-refractivity contribution in [3.63, 3.8) is 0 Å². The van der Waals surface area contributed by atoms with Crippen LogP contribution in [0.3, 0.4) is 0 Å². The van der Waals surface area contributed by atoms with Crippen molar-refractivity contribution in [2.75, 3.05) is 5.32 Å². The summed E-state index contributed by atoms with van der Waals surface area (Å²) in [5, 5.41) is 12.6.